The number of aryl methyl sites for hydroxylation is 1. The van der Waals surface area contributed by atoms with E-state index in [1.54, 1.807) is 37.4 Å². The highest BCUT2D eigenvalue weighted by atomic mass is 35.5. The second-order valence-corrected chi connectivity index (χ2v) is 6.43. The summed E-state index contributed by atoms with van der Waals surface area (Å²) >= 11 is 6.01. The van der Waals surface area contributed by atoms with Crippen molar-refractivity contribution < 1.29 is 9.53 Å². The van der Waals surface area contributed by atoms with Gasteiger partial charge in [-0.15, -0.1) is 0 Å². The first-order valence-corrected chi connectivity index (χ1v) is 8.71. The Morgan fingerprint density at radius 1 is 1.26 bits per heavy atom. The zero-order valence-corrected chi connectivity index (χ0v) is 15.4. The molecule has 0 amide bonds. The van der Waals surface area contributed by atoms with Gasteiger partial charge in [-0.05, 0) is 43.7 Å². The summed E-state index contributed by atoms with van der Waals surface area (Å²) in [4.78, 5) is 29.3. The summed E-state index contributed by atoms with van der Waals surface area (Å²) in [6.45, 7) is 3.88. The molecule has 4 rings (SSSR count). The molecule has 7 nitrogen and oxygen atoms in total. The van der Waals surface area contributed by atoms with Gasteiger partial charge in [-0.2, -0.15) is 5.10 Å². The van der Waals surface area contributed by atoms with Crippen molar-refractivity contribution in [1.82, 2.24) is 19.2 Å². The fraction of sp³-hybridized carbons (Fsp3) is 0.158. The normalized spacial score (nSPS) is 11.2. The number of rotatable bonds is 3. The van der Waals surface area contributed by atoms with Gasteiger partial charge >= 0.3 is 5.97 Å². The third-order valence-corrected chi connectivity index (χ3v) is 4.54. The van der Waals surface area contributed by atoms with Crippen LogP contribution in [-0.4, -0.2) is 31.7 Å². The molecule has 0 bridgehead atoms. The fourth-order valence-corrected chi connectivity index (χ4v) is 3.27. The van der Waals surface area contributed by atoms with Crippen LogP contribution >= 0.6 is 11.6 Å². The van der Waals surface area contributed by atoms with Gasteiger partial charge in [0.15, 0.2) is 5.65 Å². The quantitative estimate of drug-likeness (QED) is 0.508. The molecule has 0 unspecified atom stereocenters. The zero-order chi connectivity index (χ0) is 19.1. The van der Waals surface area contributed by atoms with Gasteiger partial charge in [0.2, 0.25) is 0 Å². The van der Waals surface area contributed by atoms with E-state index in [2.05, 4.69) is 10.1 Å². The van der Waals surface area contributed by atoms with Gasteiger partial charge in [-0.3, -0.25) is 9.36 Å². The Morgan fingerprint density at radius 2 is 2.07 bits per heavy atom. The Balaban J connectivity index is 1.93. The Morgan fingerprint density at radius 3 is 2.81 bits per heavy atom. The van der Waals surface area contributed by atoms with Crippen molar-refractivity contribution in [3.05, 3.63) is 69.4 Å². The number of benzene rings is 1. The van der Waals surface area contributed by atoms with E-state index >= 15 is 0 Å². The molecule has 0 aliphatic rings. The van der Waals surface area contributed by atoms with Crippen molar-refractivity contribution in [3.63, 3.8) is 0 Å². The van der Waals surface area contributed by atoms with Crippen LogP contribution in [0.15, 0.2) is 47.7 Å². The lowest BCUT2D eigenvalue weighted by molar-refractivity contribution is 0.0528. The molecular formula is C19H15ClN4O3. The molecule has 0 atom stereocenters. The SMILES string of the molecule is CCOC(=O)c1cnn2c1ncc1c(=O)n(-c3ccc(Cl)cc3C)ccc12. The summed E-state index contributed by atoms with van der Waals surface area (Å²) in [5, 5.41) is 5.21. The summed E-state index contributed by atoms with van der Waals surface area (Å²) < 4.78 is 8.03. The summed E-state index contributed by atoms with van der Waals surface area (Å²) in [6, 6.07) is 7.10. The average Bonchev–Trinajstić information content (AvgIpc) is 3.07. The molecule has 0 aliphatic carbocycles. The summed E-state index contributed by atoms with van der Waals surface area (Å²) in [6.07, 6.45) is 4.53. The predicted molar refractivity (Wildman–Crippen MR) is 102 cm³/mol. The van der Waals surface area contributed by atoms with Gasteiger partial charge in [-0.1, -0.05) is 11.6 Å². The van der Waals surface area contributed by atoms with Crippen LogP contribution in [0, 0.1) is 6.92 Å². The Kier molecular flexibility index (Phi) is 4.16. The van der Waals surface area contributed by atoms with E-state index in [0.717, 1.165) is 11.3 Å². The minimum Gasteiger partial charge on any atom is -0.462 e. The van der Waals surface area contributed by atoms with Gasteiger partial charge in [-0.25, -0.2) is 14.3 Å². The van der Waals surface area contributed by atoms with E-state index < -0.39 is 5.97 Å². The van der Waals surface area contributed by atoms with E-state index in [9.17, 15) is 9.59 Å². The number of ether oxygens (including phenoxy) is 1. The molecule has 0 N–H and O–H groups in total. The topological polar surface area (TPSA) is 78.5 Å². The van der Waals surface area contributed by atoms with Crippen molar-refractivity contribution in [2.45, 2.75) is 13.8 Å². The Bertz CT molecular complexity index is 1260. The fourth-order valence-electron chi connectivity index (χ4n) is 3.05. The highest BCUT2D eigenvalue weighted by molar-refractivity contribution is 6.30. The largest absolute Gasteiger partial charge is 0.462 e. The highest BCUT2D eigenvalue weighted by Gasteiger charge is 2.18. The van der Waals surface area contributed by atoms with Gasteiger partial charge in [0.05, 0.1) is 29.4 Å². The van der Waals surface area contributed by atoms with Crippen LogP contribution in [0.4, 0.5) is 0 Å². The number of carbonyl (C=O) groups excluding carboxylic acids is 1. The van der Waals surface area contributed by atoms with Gasteiger partial charge in [0.25, 0.3) is 5.56 Å². The molecule has 3 heterocycles. The molecule has 0 radical (unpaired) electrons. The molecule has 4 aromatic rings. The first-order valence-electron chi connectivity index (χ1n) is 8.33. The van der Waals surface area contributed by atoms with E-state index in [1.165, 1.54) is 21.5 Å². The average molecular weight is 383 g/mol. The summed E-state index contributed by atoms with van der Waals surface area (Å²) in [7, 11) is 0. The van der Waals surface area contributed by atoms with E-state index in [-0.39, 0.29) is 17.7 Å². The molecule has 136 valence electrons. The molecule has 8 heteroatoms. The third-order valence-electron chi connectivity index (χ3n) is 4.31. The number of fused-ring (bicyclic) bond motifs is 3. The van der Waals surface area contributed by atoms with Gasteiger partial charge in [0.1, 0.15) is 5.56 Å². The minimum atomic E-state index is -0.496. The van der Waals surface area contributed by atoms with Crippen LogP contribution < -0.4 is 5.56 Å². The Labute approximate surface area is 158 Å². The minimum absolute atomic E-state index is 0.236. The molecule has 27 heavy (non-hydrogen) atoms. The molecule has 1 aromatic carbocycles. The summed E-state index contributed by atoms with van der Waals surface area (Å²) in [5.74, 6) is -0.496. The highest BCUT2D eigenvalue weighted by Crippen LogP contribution is 2.20. The maximum absolute atomic E-state index is 13.0. The Hall–Kier alpha value is -3.19. The van der Waals surface area contributed by atoms with Crippen molar-refractivity contribution in [2.24, 2.45) is 0 Å². The molecule has 0 spiro atoms. The predicted octanol–water partition coefficient (Wildman–Crippen LogP) is 3.17. The number of pyridine rings is 1. The number of aromatic nitrogens is 4. The third kappa shape index (κ3) is 2.76. The maximum atomic E-state index is 13.0. The molecule has 3 aromatic heterocycles. The van der Waals surface area contributed by atoms with E-state index in [1.807, 2.05) is 6.92 Å². The van der Waals surface area contributed by atoms with Crippen LogP contribution in [0.5, 0.6) is 0 Å². The smallest absolute Gasteiger partial charge is 0.343 e. The standard InChI is InChI=1S/C19H15ClN4O3/c1-3-27-19(26)14-10-22-24-16-6-7-23(15-5-4-12(20)8-11(15)2)18(25)13(16)9-21-17(14)24/h4-10H,3H2,1-2H3. The van der Waals surface area contributed by atoms with Crippen LogP contribution in [0.1, 0.15) is 22.8 Å². The molecule has 0 fully saturated rings. The number of hydrogen-bond donors (Lipinski definition) is 0. The lowest BCUT2D eigenvalue weighted by Crippen LogP contribution is -2.19. The number of carbonyl (C=O) groups is 1. The first-order chi connectivity index (χ1) is 13.0. The molecule has 0 saturated carbocycles. The second-order valence-electron chi connectivity index (χ2n) is 5.99. The van der Waals surface area contributed by atoms with E-state index in [0.29, 0.717) is 21.6 Å². The first kappa shape index (κ1) is 17.2. The maximum Gasteiger partial charge on any atom is 0.343 e. The van der Waals surface area contributed by atoms with Gasteiger partial charge in [0, 0.05) is 17.4 Å². The van der Waals surface area contributed by atoms with Crippen molar-refractivity contribution >= 4 is 34.1 Å². The number of nitrogens with zero attached hydrogens (tertiary/aromatic N) is 4. The molecule has 0 aliphatic heterocycles. The van der Waals surface area contributed by atoms with Crippen LogP contribution in [0.3, 0.4) is 0 Å². The van der Waals surface area contributed by atoms with Crippen molar-refractivity contribution in [1.29, 1.82) is 0 Å². The van der Waals surface area contributed by atoms with Crippen LogP contribution in [0.2, 0.25) is 5.02 Å². The molecular weight excluding hydrogens is 368 g/mol. The zero-order valence-electron chi connectivity index (χ0n) is 14.6. The van der Waals surface area contributed by atoms with E-state index in [4.69, 9.17) is 16.3 Å². The van der Waals surface area contributed by atoms with Gasteiger partial charge < -0.3 is 4.74 Å². The lowest BCUT2D eigenvalue weighted by atomic mass is 10.2. The monoisotopic (exact) mass is 382 g/mol. The van der Waals surface area contributed by atoms with Crippen LogP contribution in [0.25, 0.3) is 22.2 Å². The van der Waals surface area contributed by atoms with Crippen LogP contribution in [-0.2, 0) is 4.74 Å². The lowest BCUT2D eigenvalue weighted by Gasteiger charge is -2.11. The second kappa shape index (κ2) is 6.51. The van der Waals surface area contributed by atoms with Crippen molar-refractivity contribution in [2.75, 3.05) is 6.61 Å². The number of hydrogen-bond acceptors (Lipinski definition) is 5. The number of halogens is 1. The number of esters is 1. The van der Waals surface area contributed by atoms with Crippen molar-refractivity contribution in [3.8, 4) is 5.69 Å². The summed E-state index contributed by atoms with van der Waals surface area (Å²) in [5.41, 5.74) is 2.54. The molecule has 0 saturated heterocycles.